The Morgan fingerprint density at radius 3 is 1.59 bits per heavy atom. The highest BCUT2D eigenvalue weighted by atomic mass is 16.9. The van der Waals surface area contributed by atoms with Crippen LogP contribution < -0.4 is 0 Å². The number of fused-ring (bicyclic) bond motifs is 3. The van der Waals surface area contributed by atoms with Crippen LogP contribution in [-0.4, -0.2) is 122 Å². The van der Waals surface area contributed by atoms with Gasteiger partial charge in [0.05, 0.1) is 26.0 Å². The summed E-state index contributed by atoms with van der Waals surface area (Å²) in [6.07, 6.45) is -3.76. The Labute approximate surface area is 239 Å². The molecule has 12 atom stereocenters. The molecule has 14 nitrogen and oxygen atoms in total. The van der Waals surface area contributed by atoms with Gasteiger partial charge >= 0.3 is 0 Å². The second kappa shape index (κ2) is 11.0. The number of hydrogen-bond donors (Lipinski definition) is 1. The van der Waals surface area contributed by atoms with Gasteiger partial charge in [-0.25, -0.2) is 0 Å². The first kappa shape index (κ1) is 29.8. The molecular weight excluding hydrogens is 546 g/mol. The van der Waals surface area contributed by atoms with Crippen molar-refractivity contribution in [1.82, 2.24) is 0 Å². The van der Waals surface area contributed by atoms with Crippen LogP contribution in [0, 0.1) is 0 Å². The molecule has 0 saturated carbocycles. The predicted molar refractivity (Wildman–Crippen MR) is 136 cm³/mol. The van der Waals surface area contributed by atoms with Crippen molar-refractivity contribution in [3.63, 3.8) is 0 Å². The van der Waals surface area contributed by atoms with Gasteiger partial charge in [0, 0.05) is 0 Å². The highest BCUT2D eigenvalue weighted by Gasteiger charge is 2.60. The molecule has 0 unspecified atom stereocenters. The van der Waals surface area contributed by atoms with Crippen LogP contribution in [0.4, 0.5) is 0 Å². The molecule has 0 aliphatic carbocycles. The molecule has 6 aliphatic heterocycles. The second-order valence-electron chi connectivity index (χ2n) is 12.3. The lowest BCUT2D eigenvalue weighted by atomic mass is 10.1. The van der Waals surface area contributed by atoms with Crippen molar-refractivity contribution in [3.05, 3.63) is 12.7 Å². The molecule has 0 bridgehead atoms. The van der Waals surface area contributed by atoms with Gasteiger partial charge in [0.15, 0.2) is 36.2 Å². The molecule has 6 aliphatic rings. The fraction of sp³-hybridized carbons (Fsp3) is 0.889. The number of rotatable bonds is 10. The summed E-state index contributed by atoms with van der Waals surface area (Å²) in [5, 5.41) is 12.3. The zero-order valence-corrected chi connectivity index (χ0v) is 24.2. The molecule has 41 heavy (non-hydrogen) atoms. The van der Waals surface area contributed by atoms with Crippen LogP contribution in [0.5, 0.6) is 0 Å². The van der Waals surface area contributed by atoms with Crippen LogP contribution in [0.1, 0.15) is 41.5 Å². The summed E-state index contributed by atoms with van der Waals surface area (Å²) in [4.78, 5) is 0. The molecule has 232 valence electrons. The molecule has 6 saturated heterocycles. The van der Waals surface area contributed by atoms with Crippen molar-refractivity contribution in [2.45, 2.75) is 133 Å². The monoisotopic (exact) mass is 587 g/mol. The van der Waals surface area contributed by atoms with Crippen LogP contribution in [-0.2, 0) is 56.8 Å². The van der Waals surface area contributed by atoms with Crippen molar-refractivity contribution >= 4 is 6.21 Å². The Kier molecular flexibility index (Phi) is 8.01. The van der Waals surface area contributed by atoms with E-state index < -0.39 is 91.2 Å². The van der Waals surface area contributed by atoms with Gasteiger partial charge in [0.25, 0.3) is 0 Å². The van der Waals surface area contributed by atoms with Crippen molar-refractivity contribution < 1.29 is 62.0 Å². The van der Waals surface area contributed by atoms with Crippen LogP contribution in [0.2, 0.25) is 0 Å². The molecule has 0 radical (unpaired) electrons. The first-order valence-corrected chi connectivity index (χ1v) is 14.1. The Morgan fingerprint density at radius 1 is 0.659 bits per heavy atom. The Bertz CT molecular complexity index is 990. The first-order chi connectivity index (χ1) is 19.4. The van der Waals surface area contributed by atoms with E-state index >= 15 is 0 Å². The maximum absolute atomic E-state index is 9.16. The number of hydrogen-bond acceptors (Lipinski definition) is 14. The van der Waals surface area contributed by atoms with Gasteiger partial charge in [-0.15, -0.1) is 6.58 Å². The topological polar surface area (TPSA) is 143 Å². The molecule has 1 N–H and O–H groups in total. The molecule has 0 amide bonds. The van der Waals surface area contributed by atoms with E-state index in [0.717, 1.165) is 0 Å². The van der Waals surface area contributed by atoms with E-state index in [1.165, 1.54) is 6.21 Å². The third-order valence-electron chi connectivity index (χ3n) is 7.73. The van der Waals surface area contributed by atoms with Crippen LogP contribution in [0.25, 0.3) is 0 Å². The highest BCUT2D eigenvalue weighted by Crippen LogP contribution is 2.43. The minimum Gasteiger partial charge on any atom is -0.411 e. The summed E-state index contributed by atoms with van der Waals surface area (Å²) in [6, 6.07) is 0. The van der Waals surface area contributed by atoms with E-state index in [4.69, 9.17) is 62.0 Å². The van der Waals surface area contributed by atoms with Gasteiger partial charge in [0.2, 0.25) is 0 Å². The summed E-state index contributed by atoms with van der Waals surface area (Å²) >= 11 is 0. The first-order valence-electron chi connectivity index (χ1n) is 14.1. The summed E-state index contributed by atoms with van der Waals surface area (Å²) in [5.41, 5.74) is 0. The number of ether oxygens (including phenoxy) is 12. The van der Waals surface area contributed by atoms with Crippen molar-refractivity contribution in [3.8, 4) is 0 Å². The van der Waals surface area contributed by atoms with Crippen molar-refractivity contribution in [2.75, 3.05) is 19.8 Å². The quantitative estimate of drug-likeness (QED) is 0.170. The molecule has 0 aromatic heterocycles. The van der Waals surface area contributed by atoms with Gasteiger partial charge in [0.1, 0.15) is 54.9 Å². The van der Waals surface area contributed by atoms with Crippen LogP contribution in [0.3, 0.4) is 0 Å². The maximum Gasteiger partial charge on any atom is 0.190 e. The lowest BCUT2D eigenvalue weighted by molar-refractivity contribution is -0.240. The molecule has 6 rings (SSSR count). The molecule has 14 heteroatoms. The summed E-state index contributed by atoms with van der Waals surface area (Å²) in [6.45, 7) is 15.2. The van der Waals surface area contributed by atoms with Gasteiger partial charge in [-0.3, -0.25) is 0 Å². The Morgan fingerprint density at radius 2 is 1.10 bits per heavy atom. The standard InChI is InChI=1S/C27H41NO13/c1-8-9-30-17-14(34-23-20(17)37-26(4,5)40-23)11-32-18-15(35-24-21(18)38-27(6,7)41-24)12-31-16-13(10-28-29)33-22-19(16)36-25(2,3)39-22/h8,10,13-24,29H,1,9,11-12H2,2-7H3/b28-10+/t13-,14-,15-,16+,17+,18+,19-,20-,21-,22-,23-,24-/m1/s1. The highest BCUT2D eigenvalue weighted by molar-refractivity contribution is 5.64. The minimum absolute atomic E-state index is 0.0925. The lowest BCUT2D eigenvalue weighted by Crippen LogP contribution is -2.45. The Hall–Kier alpha value is -1.27. The third kappa shape index (κ3) is 5.95. The van der Waals surface area contributed by atoms with Gasteiger partial charge in [-0.05, 0) is 41.5 Å². The smallest absolute Gasteiger partial charge is 0.190 e. The average molecular weight is 588 g/mol. The summed E-state index contributed by atoms with van der Waals surface area (Å²) in [7, 11) is 0. The maximum atomic E-state index is 9.16. The van der Waals surface area contributed by atoms with Crippen LogP contribution >= 0.6 is 0 Å². The van der Waals surface area contributed by atoms with E-state index in [1.54, 1.807) is 19.9 Å². The SMILES string of the molecule is C=CCO[C@@H]1[C@H]2OC(C)(C)O[C@H]2O[C@@H]1CO[C@@H]1[C@H]2OC(C)(C)O[C@H]2O[C@@H]1CO[C@@H]1[C@H]2OC(C)(C)O[C@H]2O[C@@H]1/C=N/O. The van der Waals surface area contributed by atoms with Gasteiger partial charge in [-0.1, -0.05) is 11.2 Å². The third-order valence-corrected chi connectivity index (χ3v) is 7.73. The van der Waals surface area contributed by atoms with E-state index in [2.05, 4.69) is 11.7 Å². The predicted octanol–water partition coefficient (Wildman–Crippen LogP) is 1.42. The zero-order valence-electron chi connectivity index (χ0n) is 24.2. The van der Waals surface area contributed by atoms with E-state index in [9.17, 15) is 0 Å². The minimum atomic E-state index is -0.845. The lowest BCUT2D eigenvalue weighted by Gasteiger charge is -2.30. The molecule has 6 fully saturated rings. The molecule has 0 aromatic rings. The van der Waals surface area contributed by atoms with Crippen molar-refractivity contribution in [2.24, 2.45) is 5.16 Å². The van der Waals surface area contributed by atoms with Crippen LogP contribution in [0.15, 0.2) is 17.8 Å². The molecule has 0 spiro atoms. The van der Waals surface area contributed by atoms with Gasteiger partial charge in [-0.2, -0.15) is 0 Å². The molecule has 0 aromatic carbocycles. The molecule has 6 heterocycles. The Balaban J connectivity index is 1.14. The second-order valence-corrected chi connectivity index (χ2v) is 12.3. The van der Waals surface area contributed by atoms with E-state index in [-0.39, 0.29) is 13.2 Å². The largest absolute Gasteiger partial charge is 0.411 e. The molecular formula is C27H41NO13. The van der Waals surface area contributed by atoms with E-state index in [1.807, 2.05) is 27.7 Å². The average Bonchev–Trinajstić information content (AvgIpc) is 3.64. The summed E-state index contributed by atoms with van der Waals surface area (Å²) in [5.74, 6) is -2.47. The number of nitrogens with zero attached hydrogens (tertiary/aromatic N) is 1. The zero-order chi connectivity index (χ0) is 29.2. The fourth-order valence-corrected chi connectivity index (χ4v) is 6.24. The summed E-state index contributed by atoms with van der Waals surface area (Å²) < 4.78 is 73.0. The number of oxime groups is 1. The van der Waals surface area contributed by atoms with Crippen molar-refractivity contribution in [1.29, 1.82) is 0 Å². The van der Waals surface area contributed by atoms with E-state index in [0.29, 0.717) is 6.61 Å². The van der Waals surface area contributed by atoms with Gasteiger partial charge < -0.3 is 62.0 Å². The normalized spacial score (nSPS) is 47.2. The fourth-order valence-electron chi connectivity index (χ4n) is 6.24.